The molecule has 0 unspecified atom stereocenters. The monoisotopic (exact) mass is 404 g/mol. The third-order valence-corrected chi connectivity index (χ3v) is 0. The zero-order chi connectivity index (χ0) is 0. The molecule has 0 amide bonds. The largest absolute Gasteiger partial charge is 0 e. The zero-order valence-corrected chi connectivity index (χ0v) is 9.79. The maximum atomic E-state index is 0. The molecule has 0 aliphatic carbocycles. The number of hydrogen-bond acceptors (Lipinski definition) is 0. The van der Waals surface area contributed by atoms with Gasteiger partial charge in [-0.3, -0.25) is 0 Å². The van der Waals surface area contributed by atoms with Crippen molar-refractivity contribution in [2.75, 3.05) is 0 Å². The molecule has 0 aliphatic rings. The summed E-state index contributed by atoms with van der Waals surface area (Å²) in [6, 6.07) is 0. The van der Waals surface area contributed by atoms with Crippen LogP contribution in [0.2, 0.25) is 0 Å². The van der Waals surface area contributed by atoms with Crippen molar-refractivity contribution in [3.8, 4) is 0 Å². The molecular weight excluding hydrogens is 405 g/mol. The molecule has 0 atom stereocenters. The quantitative estimate of drug-likeness (QED) is 0.498. The summed E-state index contributed by atoms with van der Waals surface area (Å²) >= 11 is 0. The van der Waals surface area contributed by atoms with Gasteiger partial charge in [-0.2, -0.15) is 0 Å². The van der Waals surface area contributed by atoms with Crippen LogP contribution < -0.4 is 0 Å². The van der Waals surface area contributed by atoms with E-state index in [1.807, 2.05) is 0 Å². The van der Waals surface area contributed by atoms with Crippen molar-refractivity contribution < 1.29 is 94.9 Å². The first kappa shape index (κ1) is 43.6. The van der Waals surface area contributed by atoms with E-state index in [0.717, 1.165) is 0 Å². The van der Waals surface area contributed by atoms with Crippen LogP contribution in [0.15, 0.2) is 0 Å². The van der Waals surface area contributed by atoms with Crippen molar-refractivity contribution in [2.24, 2.45) is 0 Å². The summed E-state index contributed by atoms with van der Waals surface area (Å²) in [7, 11) is 0. The van der Waals surface area contributed by atoms with Gasteiger partial charge in [0.25, 0.3) is 0 Å². The maximum Gasteiger partial charge on any atom is 0 e. The Morgan fingerprint density at radius 1 is 1.00 bits per heavy atom. The minimum Gasteiger partial charge on any atom is 0 e. The SMILES string of the molecule is [Cu].[Ni].[Ti].[V].[W]. The topological polar surface area (TPSA) is 0 Å². The van der Waals surface area contributed by atoms with E-state index in [0.29, 0.717) is 0 Å². The van der Waals surface area contributed by atoms with Crippen LogP contribution in [0.25, 0.3) is 0 Å². The van der Waals surface area contributed by atoms with Gasteiger partial charge in [0, 0.05) is 94.9 Å². The number of rotatable bonds is 0. The van der Waals surface area contributed by atoms with Gasteiger partial charge in [-0.15, -0.1) is 0 Å². The van der Waals surface area contributed by atoms with E-state index in [1.54, 1.807) is 0 Å². The third-order valence-electron chi connectivity index (χ3n) is 0. The third kappa shape index (κ3) is 19.4. The predicted octanol–water partition coefficient (Wildman–Crippen LogP) is -0.0125. The van der Waals surface area contributed by atoms with E-state index in [9.17, 15) is 0 Å². The van der Waals surface area contributed by atoms with Crippen LogP contribution in [0, 0.1) is 0 Å². The Hall–Kier alpha value is 3.00. The molecule has 2 radical (unpaired) electrons. The van der Waals surface area contributed by atoms with Crippen molar-refractivity contribution in [1.29, 1.82) is 0 Å². The Morgan fingerprint density at radius 2 is 1.00 bits per heavy atom. The Morgan fingerprint density at radius 3 is 1.00 bits per heavy atom. The Balaban J connectivity index is 0. The maximum absolute atomic E-state index is 0. The molecule has 0 rings (SSSR count). The average molecular weight is 405 g/mol. The molecule has 36 valence electrons. The number of hydrogen-bond donors (Lipinski definition) is 0. The minimum atomic E-state index is 0. The standard InChI is InChI=1S/Cu.Ni.Ti.V.W. The molecule has 0 aliphatic heterocycles. The Labute approximate surface area is 93.4 Å². The molecule has 0 aromatic heterocycles. The van der Waals surface area contributed by atoms with Gasteiger partial charge >= 0.3 is 0 Å². The van der Waals surface area contributed by atoms with Crippen LogP contribution in [0.5, 0.6) is 0 Å². The molecule has 0 fully saturated rings. The van der Waals surface area contributed by atoms with Gasteiger partial charge in [0.2, 0.25) is 0 Å². The van der Waals surface area contributed by atoms with Crippen LogP contribution in [0.3, 0.4) is 0 Å². The fourth-order valence-corrected chi connectivity index (χ4v) is 0. The fourth-order valence-electron chi connectivity index (χ4n) is 0. The molecule has 0 heterocycles. The van der Waals surface area contributed by atoms with E-state index in [-0.39, 0.29) is 94.9 Å². The summed E-state index contributed by atoms with van der Waals surface area (Å²) in [4.78, 5) is 0. The second-order valence-corrected chi connectivity index (χ2v) is 0. The summed E-state index contributed by atoms with van der Waals surface area (Å²) in [6.07, 6.45) is 0. The van der Waals surface area contributed by atoms with Gasteiger partial charge < -0.3 is 0 Å². The van der Waals surface area contributed by atoms with Crippen LogP contribution >= 0.6 is 0 Å². The molecule has 0 N–H and O–H groups in total. The molecule has 0 saturated heterocycles. The van der Waals surface area contributed by atoms with Gasteiger partial charge in [0.05, 0.1) is 0 Å². The van der Waals surface area contributed by atoms with Gasteiger partial charge in [0.1, 0.15) is 0 Å². The molecule has 0 nitrogen and oxygen atoms in total. The zero-order valence-electron chi connectivity index (χ0n) is 1.97. The van der Waals surface area contributed by atoms with Crippen LogP contribution in [-0.2, 0) is 94.9 Å². The molecule has 5 heavy (non-hydrogen) atoms. The van der Waals surface area contributed by atoms with E-state index < -0.39 is 0 Å². The summed E-state index contributed by atoms with van der Waals surface area (Å²) in [6.45, 7) is 0. The van der Waals surface area contributed by atoms with E-state index >= 15 is 0 Å². The van der Waals surface area contributed by atoms with Crippen LogP contribution in [0.1, 0.15) is 0 Å². The van der Waals surface area contributed by atoms with Crippen molar-refractivity contribution in [2.45, 2.75) is 0 Å². The first-order chi connectivity index (χ1) is 0. The summed E-state index contributed by atoms with van der Waals surface area (Å²) in [5.74, 6) is 0. The second kappa shape index (κ2) is 28.0. The fraction of sp³-hybridized carbons (Fsp3) is 0. The van der Waals surface area contributed by atoms with Gasteiger partial charge in [-0.25, -0.2) is 0 Å². The van der Waals surface area contributed by atoms with E-state index in [4.69, 9.17) is 0 Å². The summed E-state index contributed by atoms with van der Waals surface area (Å²) in [5.41, 5.74) is 0. The second-order valence-electron chi connectivity index (χ2n) is 0. The van der Waals surface area contributed by atoms with Gasteiger partial charge in [-0.05, 0) is 0 Å². The Bertz CT molecular complexity index is 11.6. The van der Waals surface area contributed by atoms with E-state index in [2.05, 4.69) is 0 Å². The van der Waals surface area contributed by atoms with Crippen LogP contribution in [0.4, 0.5) is 0 Å². The smallest absolute Gasteiger partial charge is 0 e. The van der Waals surface area contributed by atoms with Crippen molar-refractivity contribution >= 4 is 0 Å². The first-order valence-electron chi connectivity index (χ1n) is 0. The molecule has 0 saturated carbocycles. The Kier molecular flexibility index (Phi) is 244. The minimum absolute atomic E-state index is 0. The predicted molar refractivity (Wildman–Crippen MR) is 0 cm³/mol. The van der Waals surface area contributed by atoms with Crippen molar-refractivity contribution in [1.82, 2.24) is 0 Å². The van der Waals surface area contributed by atoms with Crippen molar-refractivity contribution in [3.05, 3.63) is 0 Å². The van der Waals surface area contributed by atoms with Gasteiger partial charge in [-0.1, -0.05) is 0 Å². The van der Waals surface area contributed by atoms with Crippen molar-refractivity contribution in [3.63, 3.8) is 0 Å². The van der Waals surface area contributed by atoms with E-state index in [1.165, 1.54) is 0 Å². The normalized spacial score (nSPS) is 0. The molecule has 5 heteroatoms. The van der Waals surface area contributed by atoms with Crippen LogP contribution in [-0.4, -0.2) is 0 Å². The molecular formula is CuNiTiVW. The average Bonchev–Trinajstić information content (AvgIpc) is 0. The molecule has 0 bridgehead atoms. The molecule has 0 spiro atoms. The summed E-state index contributed by atoms with van der Waals surface area (Å²) in [5, 5.41) is 0. The molecule has 0 aromatic carbocycles. The van der Waals surface area contributed by atoms with Gasteiger partial charge in [0.15, 0.2) is 0 Å². The summed E-state index contributed by atoms with van der Waals surface area (Å²) < 4.78 is 0. The first-order valence-corrected chi connectivity index (χ1v) is 0. The molecule has 0 aromatic rings.